The number of amides is 1. The summed E-state index contributed by atoms with van der Waals surface area (Å²) < 4.78 is 85.4. The van der Waals surface area contributed by atoms with Gasteiger partial charge in [0.2, 0.25) is 5.95 Å². The summed E-state index contributed by atoms with van der Waals surface area (Å²) in [6, 6.07) is 6.94. The number of carbonyl (C=O) groups is 1. The molecule has 0 atom stereocenters. The lowest BCUT2D eigenvalue weighted by molar-refractivity contribution is -0.274. The van der Waals surface area contributed by atoms with Gasteiger partial charge in [-0.2, -0.15) is 13.2 Å². The monoisotopic (exact) mass is 583 g/mol. The number of alkyl halides is 6. The number of ether oxygens (including phenoxy) is 1. The molecule has 3 aromatic rings. The highest BCUT2D eigenvalue weighted by Crippen LogP contribution is 2.36. The fourth-order valence-electron chi connectivity index (χ4n) is 4.97. The van der Waals surface area contributed by atoms with Gasteiger partial charge in [0.05, 0.1) is 22.6 Å². The zero-order valence-corrected chi connectivity index (χ0v) is 22.2. The van der Waals surface area contributed by atoms with Crippen molar-refractivity contribution in [2.45, 2.75) is 25.5 Å². The van der Waals surface area contributed by atoms with Crippen LogP contribution in [0.3, 0.4) is 0 Å². The summed E-state index contributed by atoms with van der Waals surface area (Å²) in [5.41, 5.74) is 1.07. The highest BCUT2D eigenvalue weighted by atomic mass is 19.4. The van der Waals surface area contributed by atoms with Crippen LogP contribution in [0.4, 0.5) is 43.7 Å². The Balaban J connectivity index is 1.51. The SMILES string of the molecule is CN1CCN(c2ccc(OC(F)(F)F)c(Nc3nccc(-c4cc5c(n4CC(F)(F)F)CCN(C)C5=O)n3)c2)CC1. The number of benzene rings is 1. The van der Waals surface area contributed by atoms with Crippen LogP contribution in [-0.4, -0.2) is 89.6 Å². The first-order valence-electron chi connectivity index (χ1n) is 12.8. The van der Waals surface area contributed by atoms with Gasteiger partial charge in [0.1, 0.15) is 6.54 Å². The Morgan fingerprint density at radius 1 is 0.976 bits per heavy atom. The van der Waals surface area contributed by atoms with Crippen LogP contribution in [0, 0.1) is 0 Å². The van der Waals surface area contributed by atoms with Gasteiger partial charge in [-0.25, -0.2) is 9.97 Å². The van der Waals surface area contributed by atoms with Gasteiger partial charge in [-0.1, -0.05) is 0 Å². The third-order valence-corrected chi connectivity index (χ3v) is 7.03. The van der Waals surface area contributed by atoms with Crippen molar-refractivity contribution in [1.29, 1.82) is 0 Å². The van der Waals surface area contributed by atoms with Crippen LogP contribution in [0.1, 0.15) is 16.1 Å². The normalized spacial score (nSPS) is 16.6. The molecule has 41 heavy (non-hydrogen) atoms. The van der Waals surface area contributed by atoms with E-state index in [1.807, 2.05) is 11.9 Å². The van der Waals surface area contributed by atoms with Gasteiger partial charge in [0.25, 0.3) is 5.91 Å². The van der Waals surface area contributed by atoms with E-state index in [2.05, 4.69) is 24.9 Å². The quantitative estimate of drug-likeness (QED) is 0.428. The summed E-state index contributed by atoms with van der Waals surface area (Å²) in [4.78, 5) is 26.7. The summed E-state index contributed by atoms with van der Waals surface area (Å²) in [5, 5.41) is 2.75. The van der Waals surface area contributed by atoms with Crippen molar-refractivity contribution < 1.29 is 35.9 Å². The van der Waals surface area contributed by atoms with E-state index in [4.69, 9.17) is 0 Å². The van der Waals surface area contributed by atoms with E-state index in [0.717, 1.165) is 17.7 Å². The maximum atomic E-state index is 13.5. The largest absolute Gasteiger partial charge is 0.573 e. The van der Waals surface area contributed by atoms with Gasteiger partial charge < -0.3 is 29.3 Å². The fraction of sp³-hybridized carbons (Fsp3) is 0.423. The number of likely N-dealkylation sites (N-methyl/N-ethyl adjacent to an activating group) is 2. The van der Waals surface area contributed by atoms with Gasteiger partial charge in [-0.05, 0) is 37.4 Å². The zero-order valence-electron chi connectivity index (χ0n) is 22.2. The van der Waals surface area contributed by atoms with Crippen molar-refractivity contribution in [3.63, 3.8) is 0 Å². The molecule has 0 saturated carbocycles. The Bertz CT molecular complexity index is 1430. The van der Waals surface area contributed by atoms with Crippen LogP contribution >= 0.6 is 0 Å². The van der Waals surface area contributed by atoms with Gasteiger partial charge in [0, 0.05) is 63.8 Å². The van der Waals surface area contributed by atoms with Crippen LogP contribution < -0.4 is 15.0 Å². The van der Waals surface area contributed by atoms with Crippen molar-refractivity contribution in [1.82, 2.24) is 24.3 Å². The lowest BCUT2D eigenvalue weighted by Crippen LogP contribution is -2.44. The summed E-state index contributed by atoms with van der Waals surface area (Å²) in [6.07, 6.45) is -8.04. The number of piperazine rings is 1. The minimum atomic E-state index is -4.97. The summed E-state index contributed by atoms with van der Waals surface area (Å²) in [7, 11) is 3.54. The Morgan fingerprint density at radius 2 is 1.71 bits per heavy atom. The van der Waals surface area contributed by atoms with Crippen LogP contribution in [0.25, 0.3) is 11.4 Å². The molecule has 1 amide bonds. The number of carbonyl (C=O) groups excluding carboxylic acids is 1. The van der Waals surface area contributed by atoms with Gasteiger partial charge in [-0.15, -0.1) is 13.2 Å². The highest BCUT2D eigenvalue weighted by Gasteiger charge is 2.35. The molecule has 15 heteroatoms. The predicted octanol–water partition coefficient (Wildman–Crippen LogP) is 4.53. The van der Waals surface area contributed by atoms with Crippen molar-refractivity contribution in [3.8, 4) is 17.1 Å². The van der Waals surface area contributed by atoms with E-state index < -0.39 is 30.7 Å². The number of hydrogen-bond donors (Lipinski definition) is 1. The van der Waals surface area contributed by atoms with Gasteiger partial charge in [0.15, 0.2) is 5.75 Å². The number of hydrogen-bond acceptors (Lipinski definition) is 7. The zero-order chi connectivity index (χ0) is 29.5. The van der Waals surface area contributed by atoms with Crippen LogP contribution in [0.2, 0.25) is 0 Å². The molecule has 2 aromatic heterocycles. The molecule has 0 bridgehead atoms. The second kappa shape index (κ2) is 10.8. The van der Waals surface area contributed by atoms with Crippen LogP contribution in [0.15, 0.2) is 36.5 Å². The van der Waals surface area contributed by atoms with E-state index in [0.29, 0.717) is 18.8 Å². The molecule has 0 spiro atoms. The lowest BCUT2D eigenvalue weighted by Gasteiger charge is -2.34. The molecule has 1 fully saturated rings. The third-order valence-electron chi connectivity index (χ3n) is 7.03. The Morgan fingerprint density at radius 3 is 2.39 bits per heavy atom. The molecule has 0 unspecified atom stereocenters. The number of rotatable bonds is 6. The second-order valence-corrected chi connectivity index (χ2v) is 9.98. The van der Waals surface area contributed by atoms with Crippen molar-refractivity contribution >= 4 is 23.2 Å². The first-order chi connectivity index (χ1) is 19.3. The van der Waals surface area contributed by atoms with Crippen LogP contribution in [0.5, 0.6) is 5.75 Å². The summed E-state index contributed by atoms with van der Waals surface area (Å²) >= 11 is 0. The topological polar surface area (TPSA) is 78.8 Å². The first kappa shape index (κ1) is 28.5. The number of aromatic nitrogens is 3. The number of nitrogens with one attached hydrogen (secondary N) is 1. The van der Waals surface area contributed by atoms with E-state index in [1.165, 1.54) is 41.4 Å². The molecule has 0 aliphatic carbocycles. The molecule has 2 aliphatic heterocycles. The smallest absolute Gasteiger partial charge is 0.404 e. The third kappa shape index (κ3) is 6.50. The molecule has 5 rings (SSSR count). The van der Waals surface area contributed by atoms with Gasteiger partial charge in [-0.3, -0.25) is 4.79 Å². The second-order valence-electron chi connectivity index (χ2n) is 9.98. The molecule has 9 nitrogen and oxygen atoms in total. The van der Waals surface area contributed by atoms with Crippen molar-refractivity contribution in [2.75, 3.05) is 57.0 Å². The minimum absolute atomic E-state index is 0.0411. The highest BCUT2D eigenvalue weighted by molar-refractivity contribution is 5.97. The molecule has 1 aromatic carbocycles. The number of anilines is 3. The number of nitrogens with zero attached hydrogens (tertiary/aromatic N) is 6. The van der Waals surface area contributed by atoms with Crippen molar-refractivity contribution in [3.05, 3.63) is 47.8 Å². The minimum Gasteiger partial charge on any atom is -0.404 e. The fourth-order valence-corrected chi connectivity index (χ4v) is 4.97. The average molecular weight is 584 g/mol. The Hall–Kier alpha value is -4.01. The van der Waals surface area contributed by atoms with Crippen molar-refractivity contribution in [2.24, 2.45) is 0 Å². The predicted molar refractivity (Wildman–Crippen MR) is 138 cm³/mol. The summed E-state index contributed by atoms with van der Waals surface area (Å²) in [5.74, 6) is -1.09. The molecular weight excluding hydrogens is 556 g/mol. The average Bonchev–Trinajstić information content (AvgIpc) is 3.24. The molecule has 0 radical (unpaired) electrons. The van der Waals surface area contributed by atoms with E-state index in [9.17, 15) is 31.1 Å². The maximum Gasteiger partial charge on any atom is 0.573 e. The number of halogens is 6. The van der Waals surface area contributed by atoms with E-state index in [-0.39, 0.29) is 47.2 Å². The lowest BCUT2D eigenvalue weighted by atomic mass is 10.1. The van der Waals surface area contributed by atoms with E-state index in [1.54, 1.807) is 7.05 Å². The Labute approximate surface area is 231 Å². The molecular formula is C26H27F6N7O2. The molecule has 220 valence electrons. The van der Waals surface area contributed by atoms with Gasteiger partial charge >= 0.3 is 12.5 Å². The maximum absolute atomic E-state index is 13.5. The Kier molecular flexibility index (Phi) is 7.48. The van der Waals surface area contributed by atoms with E-state index >= 15 is 0 Å². The standard InChI is InChI=1S/C26H27F6N7O2/c1-36-9-11-38(12-10-36)16-3-4-22(41-26(30,31)32)19(13-16)35-24-33-7-5-18(34-24)21-14-17-20(6-8-37(2)23(17)40)39(21)15-25(27,28)29/h3-5,7,13-14H,6,8-12,15H2,1-2H3,(H,33,34,35). The summed E-state index contributed by atoms with van der Waals surface area (Å²) in [6.45, 7) is 1.79. The molecule has 1 saturated heterocycles. The molecule has 4 heterocycles. The van der Waals surface area contributed by atoms with Crippen LogP contribution in [-0.2, 0) is 13.0 Å². The molecule has 1 N–H and O–H groups in total. The molecule has 2 aliphatic rings. The number of fused-ring (bicyclic) bond motifs is 1. The first-order valence-corrected chi connectivity index (χ1v) is 12.8.